The first kappa shape index (κ1) is 31.6. The van der Waals surface area contributed by atoms with Crippen molar-refractivity contribution in [2.75, 3.05) is 24.6 Å². The molecule has 1 saturated heterocycles. The lowest BCUT2D eigenvalue weighted by atomic mass is 10.1. The van der Waals surface area contributed by atoms with Crippen molar-refractivity contribution in [3.63, 3.8) is 0 Å². The number of nitrogens with zero attached hydrogens (tertiary/aromatic N) is 3. The summed E-state index contributed by atoms with van der Waals surface area (Å²) >= 11 is 0. The molecule has 4 N–H and O–H groups in total. The Bertz CT molecular complexity index is 1160. The smallest absolute Gasteiger partial charge is 0.334 e. The molecule has 0 aliphatic carbocycles. The highest BCUT2D eigenvalue weighted by Crippen LogP contribution is 2.24. The molecule has 2 rings (SSSR count). The topological polar surface area (TPSA) is 220 Å². The number of azo groups is 1. The van der Waals surface area contributed by atoms with Gasteiger partial charge in [0.25, 0.3) is 27.8 Å². The van der Waals surface area contributed by atoms with Gasteiger partial charge in [-0.3, -0.25) is 18.9 Å². The van der Waals surface area contributed by atoms with Crippen molar-refractivity contribution in [3.05, 3.63) is 29.0 Å². The van der Waals surface area contributed by atoms with E-state index in [-0.39, 0.29) is 35.0 Å². The van der Waals surface area contributed by atoms with E-state index in [1.807, 2.05) is 6.92 Å². The zero-order valence-corrected chi connectivity index (χ0v) is 22.6. The molecule has 1 aromatic rings. The highest BCUT2D eigenvalue weighted by atomic mass is 33.1. The molecule has 0 aromatic heterocycles. The molecule has 15 nitrogen and oxygen atoms in total. The molecule has 18 heteroatoms. The third-order valence-corrected chi connectivity index (χ3v) is 8.33. The second-order valence-electron chi connectivity index (χ2n) is 7.70. The van der Waals surface area contributed by atoms with Gasteiger partial charge in [0.1, 0.15) is 5.56 Å². The van der Waals surface area contributed by atoms with Crippen LogP contribution in [0.5, 0.6) is 0 Å². The van der Waals surface area contributed by atoms with Gasteiger partial charge in [0.2, 0.25) is 0 Å². The molecule has 210 valence electrons. The first-order chi connectivity index (χ1) is 18.0. The van der Waals surface area contributed by atoms with E-state index >= 15 is 0 Å². The molecule has 1 aliphatic heterocycles. The number of rotatable bonds is 15. The number of carbonyl (C=O) groups excluding carboxylic acids is 4. The minimum Gasteiger partial charge on any atom is -0.595 e. The van der Waals surface area contributed by atoms with Gasteiger partial charge in [-0.1, -0.05) is 34.9 Å². The van der Waals surface area contributed by atoms with Crippen LogP contribution >= 0.6 is 21.6 Å². The minimum absolute atomic E-state index is 0.0427. The molecule has 2 unspecified atom stereocenters. The Labute approximate surface area is 226 Å². The Kier molecular flexibility index (Phi) is 12.6. The number of imide groups is 1. The molecule has 2 atom stereocenters. The number of benzene rings is 1. The number of amides is 3. The van der Waals surface area contributed by atoms with Crippen LogP contribution in [0.4, 0.5) is 11.4 Å². The number of hydrogen-bond donors (Lipinski definition) is 4. The molecule has 0 bridgehead atoms. The van der Waals surface area contributed by atoms with Gasteiger partial charge >= 0.3 is 5.97 Å². The van der Waals surface area contributed by atoms with Gasteiger partial charge in [-0.05, 0) is 18.6 Å². The lowest BCUT2D eigenvalue weighted by Gasteiger charge is -2.15. The van der Waals surface area contributed by atoms with Crippen LogP contribution in [0, 0.1) is 5.21 Å². The number of hydroxylamine groups is 2. The van der Waals surface area contributed by atoms with Gasteiger partial charge in [-0.15, -0.1) is 5.06 Å². The van der Waals surface area contributed by atoms with Gasteiger partial charge in [0, 0.05) is 24.1 Å². The molecule has 1 aromatic carbocycles. The molecule has 1 aliphatic rings. The summed E-state index contributed by atoms with van der Waals surface area (Å²) in [5.74, 6) is -3.31. The van der Waals surface area contributed by atoms with Crippen LogP contribution in [0.25, 0.3) is 0 Å². The number of carbonyl (C=O) groups is 4. The van der Waals surface area contributed by atoms with E-state index in [1.54, 1.807) is 0 Å². The van der Waals surface area contributed by atoms with Crippen LogP contribution in [-0.2, 0) is 29.3 Å². The summed E-state index contributed by atoms with van der Waals surface area (Å²) in [6.45, 7) is 2.72. The van der Waals surface area contributed by atoms with E-state index in [0.717, 1.165) is 12.8 Å². The first-order valence-electron chi connectivity index (χ1n) is 11.3. The zero-order chi connectivity index (χ0) is 28.3. The van der Waals surface area contributed by atoms with Crippen LogP contribution in [-0.4, -0.2) is 76.8 Å². The summed E-state index contributed by atoms with van der Waals surface area (Å²) in [5.41, 5.74) is 0.138. The minimum atomic E-state index is -4.80. The summed E-state index contributed by atoms with van der Waals surface area (Å²) in [6.07, 6.45) is 0.781. The van der Waals surface area contributed by atoms with Gasteiger partial charge in [0.05, 0.1) is 25.1 Å². The van der Waals surface area contributed by atoms with E-state index in [4.69, 9.17) is 4.55 Å². The van der Waals surface area contributed by atoms with Gasteiger partial charge in [-0.2, -0.15) is 23.9 Å². The quantitative estimate of drug-likeness (QED) is 0.0558. The van der Waals surface area contributed by atoms with Crippen molar-refractivity contribution in [1.82, 2.24) is 10.4 Å². The maximum absolute atomic E-state index is 12.5. The number of unbranched alkanes of at least 4 members (excludes halogenated alkanes) is 1. The van der Waals surface area contributed by atoms with Crippen molar-refractivity contribution in [3.8, 4) is 0 Å². The van der Waals surface area contributed by atoms with E-state index < -0.39 is 50.7 Å². The maximum atomic E-state index is 12.5. The van der Waals surface area contributed by atoms with E-state index in [0.29, 0.717) is 18.0 Å². The lowest BCUT2D eigenvalue weighted by Crippen LogP contribution is -2.99. The second-order valence-corrected chi connectivity index (χ2v) is 12.0. The fourth-order valence-corrected chi connectivity index (χ4v) is 5.51. The summed E-state index contributed by atoms with van der Waals surface area (Å²) in [7, 11) is -2.27. The Morgan fingerprint density at radius 2 is 2.00 bits per heavy atom. The van der Waals surface area contributed by atoms with Crippen LogP contribution in [0.15, 0.2) is 28.4 Å². The van der Waals surface area contributed by atoms with E-state index in [9.17, 15) is 38.0 Å². The maximum Gasteiger partial charge on any atom is 0.334 e. The summed E-state index contributed by atoms with van der Waals surface area (Å²) in [5, 5.41) is 28.3. The standard InChI is InChI=1S/C20H27N5O10S3/c1-2-3-7-22-23-13-4-5-15(25(30)31)14(11-13)19(28)21-8-10-37-36-9-6-18(27)35-24-17(26)12-16(20(24)29)38(32,33)34/h4-5,11,16,25,30H,2-3,6-10,12H2,1H3,(H,21,28)(H,32,33,34). The van der Waals surface area contributed by atoms with Gasteiger partial charge in [0.15, 0.2) is 10.9 Å². The van der Waals surface area contributed by atoms with Gasteiger partial charge in [-0.25, -0.2) is 10.0 Å². The SMILES string of the molecule is CCCCN=Nc1ccc([NH+]([O-])O)c(C(=O)NCCSSCCC(=O)ON2C(=O)CC(S(=O)(=O)O)C2=O)c1. The van der Waals surface area contributed by atoms with E-state index in [1.165, 1.54) is 39.8 Å². The van der Waals surface area contributed by atoms with Crippen molar-refractivity contribution < 1.29 is 47.4 Å². The summed E-state index contributed by atoms with van der Waals surface area (Å²) in [4.78, 5) is 52.6. The molecule has 3 amide bonds. The fourth-order valence-electron chi connectivity index (χ4n) is 2.93. The Hall–Kier alpha value is -2.61. The van der Waals surface area contributed by atoms with Crippen molar-refractivity contribution in [2.24, 2.45) is 10.2 Å². The summed E-state index contributed by atoms with van der Waals surface area (Å²) in [6, 6.07) is 4.12. The third-order valence-electron chi connectivity index (χ3n) is 4.83. The summed E-state index contributed by atoms with van der Waals surface area (Å²) < 4.78 is 31.2. The predicted molar refractivity (Wildman–Crippen MR) is 136 cm³/mol. The average molecular weight is 594 g/mol. The third kappa shape index (κ3) is 9.61. The molecule has 1 heterocycles. The molecule has 0 radical (unpaired) electrons. The second kappa shape index (κ2) is 15.1. The van der Waals surface area contributed by atoms with Crippen LogP contribution in [0.3, 0.4) is 0 Å². The monoisotopic (exact) mass is 593 g/mol. The fraction of sp³-hybridized carbons (Fsp3) is 0.500. The highest BCUT2D eigenvalue weighted by Gasteiger charge is 2.48. The number of nitrogens with one attached hydrogen (secondary N) is 2. The molecular formula is C20H27N5O10S3. The average Bonchev–Trinajstić information content (AvgIpc) is 3.14. The lowest BCUT2D eigenvalue weighted by molar-refractivity contribution is -0.991. The Morgan fingerprint density at radius 1 is 1.29 bits per heavy atom. The molecule has 0 saturated carbocycles. The Morgan fingerprint density at radius 3 is 2.63 bits per heavy atom. The largest absolute Gasteiger partial charge is 0.595 e. The Balaban J connectivity index is 1.73. The molecule has 0 spiro atoms. The van der Waals surface area contributed by atoms with Crippen LogP contribution < -0.4 is 10.5 Å². The number of quaternary nitrogens is 1. The number of hydrogen-bond acceptors (Lipinski definition) is 13. The highest BCUT2D eigenvalue weighted by molar-refractivity contribution is 8.76. The molecule has 1 fully saturated rings. The van der Waals surface area contributed by atoms with E-state index in [2.05, 4.69) is 20.4 Å². The van der Waals surface area contributed by atoms with Gasteiger partial charge < -0.3 is 15.4 Å². The van der Waals surface area contributed by atoms with Crippen LogP contribution in [0.1, 0.15) is 43.0 Å². The first-order valence-corrected chi connectivity index (χ1v) is 15.3. The molecular weight excluding hydrogens is 566 g/mol. The molecule has 38 heavy (non-hydrogen) atoms. The van der Waals surface area contributed by atoms with Crippen molar-refractivity contribution >= 4 is 66.8 Å². The van der Waals surface area contributed by atoms with Crippen LogP contribution in [0.2, 0.25) is 0 Å². The van der Waals surface area contributed by atoms with Crippen molar-refractivity contribution in [2.45, 2.75) is 37.9 Å². The zero-order valence-electron chi connectivity index (χ0n) is 20.2. The normalized spacial score (nSPS) is 16.7. The van der Waals surface area contributed by atoms with Crippen molar-refractivity contribution in [1.29, 1.82) is 0 Å². The predicted octanol–water partition coefficient (Wildman–Crippen LogP) is 0.949.